The highest BCUT2D eigenvalue weighted by Gasteiger charge is 2.16. The summed E-state index contributed by atoms with van der Waals surface area (Å²) in [4.78, 5) is 10.4. The van der Waals surface area contributed by atoms with Crippen molar-refractivity contribution >= 4 is 17.7 Å². The van der Waals surface area contributed by atoms with Crippen LogP contribution in [0, 0.1) is 11.6 Å². The average molecular weight is 204 g/mol. The third-order valence-electron chi connectivity index (χ3n) is 1.48. The van der Waals surface area contributed by atoms with Crippen molar-refractivity contribution in [3.8, 4) is 0 Å². The van der Waals surface area contributed by atoms with Gasteiger partial charge >= 0.3 is 5.97 Å². The zero-order valence-corrected chi connectivity index (χ0v) is 7.49. The molecule has 0 saturated heterocycles. The van der Waals surface area contributed by atoms with E-state index in [1.807, 2.05) is 0 Å². The average Bonchev–Trinajstić information content (AvgIpc) is 2.09. The molecular weight excluding hydrogens is 198 g/mol. The molecule has 0 aliphatic carbocycles. The normalized spacial score (nSPS) is 10.1. The van der Waals surface area contributed by atoms with E-state index < -0.39 is 17.6 Å². The van der Waals surface area contributed by atoms with Gasteiger partial charge in [0.2, 0.25) is 0 Å². The van der Waals surface area contributed by atoms with Crippen molar-refractivity contribution in [3.63, 3.8) is 0 Å². The van der Waals surface area contributed by atoms with E-state index in [-0.39, 0.29) is 10.5 Å². The van der Waals surface area contributed by atoms with Crippen LogP contribution in [0.25, 0.3) is 0 Å². The standard InChI is InChI=1S/C8H6F2O2S/c1-13-7-4(8(11)12)2-3-5(9)6(7)10/h2-3H,1H3,(H,11,12). The van der Waals surface area contributed by atoms with Gasteiger partial charge in [-0.2, -0.15) is 0 Å². The van der Waals surface area contributed by atoms with E-state index in [9.17, 15) is 13.6 Å². The Bertz CT molecular complexity index is 352. The van der Waals surface area contributed by atoms with Crippen molar-refractivity contribution in [2.75, 3.05) is 6.26 Å². The summed E-state index contributed by atoms with van der Waals surface area (Å²) in [6, 6.07) is 1.85. The van der Waals surface area contributed by atoms with Crippen LogP contribution in [0.2, 0.25) is 0 Å². The molecule has 0 heterocycles. The lowest BCUT2D eigenvalue weighted by Crippen LogP contribution is -2.02. The number of carboxylic acid groups (broad SMARTS) is 1. The maximum Gasteiger partial charge on any atom is 0.336 e. The largest absolute Gasteiger partial charge is 0.478 e. The van der Waals surface area contributed by atoms with Crippen LogP contribution in [-0.2, 0) is 0 Å². The molecule has 0 unspecified atom stereocenters. The van der Waals surface area contributed by atoms with E-state index in [0.29, 0.717) is 0 Å². The maximum atomic E-state index is 13.0. The lowest BCUT2D eigenvalue weighted by atomic mass is 10.2. The molecule has 0 radical (unpaired) electrons. The van der Waals surface area contributed by atoms with Crippen molar-refractivity contribution in [1.29, 1.82) is 0 Å². The molecule has 0 bridgehead atoms. The molecule has 70 valence electrons. The summed E-state index contributed by atoms with van der Waals surface area (Å²) < 4.78 is 25.6. The SMILES string of the molecule is CSc1c(C(=O)O)ccc(F)c1F. The number of benzene rings is 1. The van der Waals surface area contributed by atoms with E-state index in [4.69, 9.17) is 5.11 Å². The highest BCUT2D eigenvalue weighted by atomic mass is 32.2. The van der Waals surface area contributed by atoms with Crippen LogP contribution in [-0.4, -0.2) is 17.3 Å². The van der Waals surface area contributed by atoms with Gasteiger partial charge in [0.15, 0.2) is 11.6 Å². The first-order chi connectivity index (χ1) is 6.07. The van der Waals surface area contributed by atoms with Crippen LogP contribution in [0.3, 0.4) is 0 Å². The first kappa shape index (κ1) is 9.98. The molecule has 1 rings (SSSR count). The first-order valence-corrected chi connectivity index (χ1v) is 4.55. The van der Waals surface area contributed by atoms with E-state index >= 15 is 0 Å². The molecule has 0 atom stereocenters. The summed E-state index contributed by atoms with van der Waals surface area (Å²) >= 11 is 0.869. The molecule has 0 amide bonds. The molecule has 0 aromatic heterocycles. The van der Waals surface area contributed by atoms with Gasteiger partial charge in [0.1, 0.15) is 0 Å². The highest BCUT2D eigenvalue weighted by Crippen LogP contribution is 2.25. The Kier molecular flexibility index (Phi) is 2.87. The van der Waals surface area contributed by atoms with Crippen LogP contribution in [0.1, 0.15) is 10.4 Å². The van der Waals surface area contributed by atoms with Crippen LogP contribution in [0.5, 0.6) is 0 Å². The second-order valence-electron chi connectivity index (χ2n) is 2.25. The molecule has 1 N–H and O–H groups in total. The predicted octanol–water partition coefficient (Wildman–Crippen LogP) is 2.38. The lowest BCUT2D eigenvalue weighted by molar-refractivity contribution is 0.0692. The van der Waals surface area contributed by atoms with Gasteiger partial charge < -0.3 is 5.11 Å². The Morgan fingerprint density at radius 3 is 2.54 bits per heavy atom. The summed E-state index contributed by atoms with van der Waals surface area (Å²) in [5.41, 5.74) is -0.216. The fourth-order valence-electron chi connectivity index (χ4n) is 0.900. The van der Waals surface area contributed by atoms with Gasteiger partial charge in [-0.25, -0.2) is 13.6 Å². The molecule has 13 heavy (non-hydrogen) atoms. The van der Waals surface area contributed by atoms with Crippen molar-refractivity contribution in [3.05, 3.63) is 29.3 Å². The topological polar surface area (TPSA) is 37.3 Å². The maximum absolute atomic E-state index is 13.0. The van der Waals surface area contributed by atoms with Gasteiger partial charge in [-0.05, 0) is 18.4 Å². The summed E-state index contributed by atoms with van der Waals surface area (Å²) in [5.74, 6) is -3.40. The molecule has 0 saturated carbocycles. The van der Waals surface area contributed by atoms with Crippen LogP contribution in [0.15, 0.2) is 17.0 Å². The molecule has 5 heteroatoms. The first-order valence-electron chi connectivity index (χ1n) is 3.33. The van der Waals surface area contributed by atoms with E-state index in [0.717, 1.165) is 23.9 Å². The van der Waals surface area contributed by atoms with Crippen LogP contribution < -0.4 is 0 Å². The second kappa shape index (κ2) is 3.74. The van der Waals surface area contributed by atoms with Gasteiger partial charge in [-0.3, -0.25) is 0 Å². The molecule has 0 spiro atoms. The second-order valence-corrected chi connectivity index (χ2v) is 3.06. The van der Waals surface area contributed by atoms with Crippen molar-refractivity contribution in [1.82, 2.24) is 0 Å². The summed E-state index contributed by atoms with van der Waals surface area (Å²) in [7, 11) is 0. The van der Waals surface area contributed by atoms with Crippen LogP contribution >= 0.6 is 11.8 Å². The predicted molar refractivity (Wildman–Crippen MR) is 45.1 cm³/mol. The molecular formula is C8H6F2O2S. The quantitative estimate of drug-likeness (QED) is 0.751. The Hall–Kier alpha value is -1.10. The third-order valence-corrected chi connectivity index (χ3v) is 2.29. The lowest BCUT2D eigenvalue weighted by Gasteiger charge is -2.04. The third kappa shape index (κ3) is 1.80. The zero-order chi connectivity index (χ0) is 10.0. The molecule has 1 aromatic rings. The van der Waals surface area contributed by atoms with E-state index in [1.165, 1.54) is 6.26 Å². The zero-order valence-electron chi connectivity index (χ0n) is 6.67. The van der Waals surface area contributed by atoms with Gasteiger partial charge in [-0.15, -0.1) is 11.8 Å². The van der Waals surface area contributed by atoms with E-state index in [2.05, 4.69) is 0 Å². The molecule has 0 fully saturated rings. The van der Waals surface area contributed by atoms with Crippen molar-refractivity contribution < 1.29 is 18.7 Å². The Balaban J connectivity index is 3.38. The number of aromatic carboxylic acids is 1. The fourth-order valence-corrected chi connectivity index (χ4v) is 1.55. The summed E-state index contributed by atoms with van der Waals surface area (Å²) in [6.07, 6.45) is 1.49. The smallest absolute Gasteiger partial charge is 0.336 e. The van der Waals surface area contributed by atoms with Gasteiger partial charge in [-0.1, -0.05) is 0 Å². The number of rotatable bonds is 2. The molecule has 1 aromatic carbocycles. The van der Waals surface area contributed by atoms with Gasteiger partial charge in [0, 0.05) is 0 Å². The minimum atomic E-state index is -1.26. The number of hydrogen-bond donors (Lipinski definition) is 1. The Morgan fingerprint density at radius 1 is 1.46 bits per heavy atom. The molecule has 2 nitrogen and oxygen atoms in total. The number of carbonyl (C=O) groups is 1. The summed E-state index contributed by atoms with van der Waals surface area (Å²) in [5, 5.41) is 8.61. The molecule has 0 aliphatic rings. The Morgan fingerprint density at radius 2 is 2.08 bits per heavy atom. The number of halogens is 2. The van der Waals surface area contributed by atoms with Gasteiger partial charge in [0.05, 0.1) is 10.5 Å². The Labute approximate surface area is 77.6 Å². The minimum absolute atomic E-state index is 0.174. The molecule has 0 aliphatic heterocycles. The van der Waals surface area contributed by atoms with E-state index in [1.54, 1.807) is 0 Å². The minimum Gasteiger partial charge on any atom is -0.478 e. The number of hydrogen-bond acceptors (Lipinski definition) is 2. The fraction of sp³-hybridized carbons (Fsp3) is 0.125. The summed E-state index contributed by atoms with van der Waals surface area (Å²) in [6.45, 7) is 0. The van der Waals surface area contributed by atoms with Gasteiger partial charge in [0.25, 0.3) is 0 Å². The van der Waals surface area contributed by atoms with Crippen molar-refractivity contribution in [2.45, 2.75) is 4.90 Å². The van der Waals surface area contributed by atoms with Crippen molar-refractivity contribution in [2.24, 2.45) is 0 Å². The highest BCUT2D eigenvalue weighted by molar-refractivity contribution is 7.98. The van der Waals surface area contributed by atoms with Crippen LogP contribution in [0.4, 0.5) is 8.78 Å². The number of thioether (sulfide) groups is 1. The monoisotopic (exact) mass is 204 g/mol. The number of carboxylic acids is 1.